The van der Waals surface area contributed by atoms with Crippen LogP contribution in [0.2, 0.25) is 0 Å². The van der Waals surface area contributed by atoms with Crippen LogP contribution in [-0.4, -0.2) is 10.6 Å². The molecule has 1 unspecified atom stereocenters. The van der Waals surface area contributed by atoms with Crippen molar-refractivity contribution < 1.29 is 0 Å². The number of hydrogen-bond acceptors (Lipinski definition) is 1. The van der Waals surface area contributed by atoms with Crippen LogP contribution >= 0.6 is 0 Å². The molecule has 2 nitrogen and oxygen atoms in total. The standard InChI is InChI=1S/C10H16N2/c1-8(11)10(5-6-10)9-4-3-7-12(9)2/h3-4,7-8H,5-6,11H2,1-2H3. The smallest absolute Gasteiger partial charge is 0.0255 e. The lowest BCUT2D eigenvalue weighted by molar-refractivity contribution is 0.524. The molecule has 1 aromatic heterocycles. The SMILES string of the molecule is CC(N)C1(c2cccn2C)CC1. The molecule has 2 rings (SSSR count). The minimum Gasteiger partial charge on any atom is -0.354 e. The Balaban J connectivity index is 2.36. The highest BCUT2D eigenvalue weighted by molar-refractivity contribution is 5.28. The molecule has 12 heavy (non-hydrogen) atoms. The maximum absolute atomic E-state index is 5.98. The molecule has 66 valence electrons. The predicted octanol–water partition coefficient (Wildman–Crippen LogP) is 1.40. The molecule has 0 aliphatic heterocycles. The number of hydrogen-bond donors (Lipinski definition) is 1. The van der Waals surface area contributed by atoms with E-state index < -0.39 is 0 Å². The highest BCUT2D eigenvalue weighted by Gasteiger charge is 2.48. The van der Waals surface area contributed by atoms with Crippen LogP contribution in [0.1, 0.15) is 25.5 Å². The summed E-state index contributed by atoms with van der Waals surface area (Å²) in [5, 5.41) is 0. The molecule has 1 aromatic rings. The summed E-state index contributed by atoms with van der Waals surface area (Å²) in [6, 6.07) is 4.57. The third-order valence-corrected chi connectivity index (χ3v) is 3.11. The summed E-state index contributed by atoms with van der Waals surface area (Å²) < 4.78 is 2.19. The van der Waals surface area contributed by atoms with E-state index in [4.69, 9.17) is 5.73 Å². The largest absolute Gasteiger partial charge is 0.354 e. The van der Waals surface area contributed by atoms with Gasteiger partial charge in [-0.25, -0.2) is 0 Å². The van der Waals surface area contributed by atoms with Gasteiger partial charge in [0.25, 0.3) is 0 Å². The second-order valence-corrected chi connectivity index (χ2v) is 3.95. The molecule has 0 aromatic carbocycles. The van der Waals surface area contributed by atoms with Gasteiger partial charge in [0.2, 0.25) is 0 Å². The molecule has 0 radical (unpaired) electrons. The van der Waals surface area contributed by atoms with Gasteiger partial charge >= 0.3 is 0 Å². The van der Waals surface area contributed by atoms with E-state index in [1.807, 2.05) is 0 Å². The predicted molar refractivity (Wildman–Crippen MR) is 50.0 cm³/mol. The van der Waals surface area contributed by atoms with Crippen LogP contribution in [0.4, 0.5) is 0 Å². The van der Waals surface area contributed by atoms with Gasteiger partial charge < -0.3 is 10.3 Å². The molecule has 1 heterocycles. The number of nitrogens with zero attached hydrogens (tertiary/aromatic N) is 1. The van der Waals surface area contributed by atoms with E-state index in [1.165, 1.54) is 18.5 Å². The fourth-order valence-electron chi connectivity index (χ4n) is 2.06. The Morgan fingerprint density at radius 3 is 2.58 bits per heavy atom. The van der Waals surface area contributed by atoms with Crippen molar-refractivity contribution in [3.8, 4) is 0 Å². The first-order valence-electron chi connectivity index (χ1n) is 4.54. The third-order valence-electron chi connectivity index (χ3n) is 3.11. The molecular formula is C10H16N2. The molecule has 0 bridgehead atoms. The zero-order chi connectivity index (χ0) is 8.77. The molecule has 1 atom stereocenters. The maximum atomic E-state index is 5.98. The van der Waals surface area contributed by atoms with Gasteiger partial charge in [0.1, 0.15) is 0 Å². The first kappa shape index (κ1) is 7.87. The molecule has 1 aliphatic carbocycles. The summed E-state index contributed by atoms with van der Waals surface area (Å²) in [7, 11) is 2.10. The Kier molecular flexibility index (Phi) is 1.55. The molecule has 0 spiro atoms. The van der Waals surface area contributed by atoms with Crippen molar-refractivity contribution in [2.24, 2.45) is 12.8 Å². The fourth-order valence-corrected chi connectivity index (χ4v) is 2.06. The van der Waals surface area contributed by atoms with Gasteiger partial charge in [0.05, 0.1) is 0 Å². The average Bonchev–Trinajstić information content (AvgIpc) is 2.71. The molecule has 0 amide bonds. The topological polar surface area (TPSA) is 30.9 Å². The molecule has 1 saturated carbocycles. The molecule has 2 N–H and O–H groups in total. The Hall–Kier alpha value is -0.760. The van der Waals surface area contributed by atoms with Crippen molar-refractivity contribution in [3.05, 3.63) is 24.0 Å². The van der Waals surface area contributed by atoms with Crippen LogP contribution in [0.5, 0.6) is 0 Å². The van der Waals surface area contributed by atoms with E-state index in [9.17, 15) is 0 Å². The van der Waals surface area contributed by atoms with Crippen LogP contribution in [0.3, 0.4) is 0 Å². The Bertz CT molecular complexity index is 282. The zero-order valence-corrected chi connectivity index (χ0v) is 7.75. The van der Waals surface area contributed by atoms with Crippen LogP contribution < -0.4 is 5.73 Å². The first-order valence-corrected chi connectivity index (χ1v) is 4.54. The third kappa shape index (κ3) is 0.911. The molecule has 1 fully saturated rings. The minimum absolute atomic E-state index is 0.283. The molecular weight excluding hydrogens is 148 g/mol. The number of aryl methyl sites for hydroxylation is 1. The van der Waals surface area contributed by atoms with Crippen LogP contribution in [0.15, 0.2) is 18.3 Å². The zero-order valence-electron chi connectivity index (χ0n) is 7.75. The second-order valence-electron chi connectivity index (χ2n) is 3.95. The number of nitrogens with two attached hydrogens (primary N) is 1. The molecule has 0 saturated heterocycles. The molecule has 2 heteroatoms. The van der Waals surface area contributed by atoms with Crippen molar-refractivity contribution >= 4 is 0 Å². The summed E-state index contributed by atoms with van der Waals surface area (Å²) in [6.45, 7) is 2.11. The summed E-state index contributed by atoms with van der Waals surface area (Å²) in [4.78, 5) is 0. The summed E-state index contributed by atoms with van der Waals surface area (Å²) in [6.07, 6.45) is 4.60. The van der Waals surface area contributed by atoms with E-state index >= 15 is 0 Å². The number of rotatable bonds is 2. The highest BCUT2D eigenvalue weighted by atomic mass is 15.0. The lowest BCUT2D eigenvalue weighted by atomic mass is 9.94. The Morgan fingerprint density at radius 1 is 1.58 bits per heavy atom. The van der Waals surface area contributed by atoms with Crippen molar-refractivity contribution in [2.45, 2.75) is 31.2 Å². The van der Waals surface area contributed by atoms with Gasteiger partial charge in [-0.3, -0.25) is 0 Å². The van der Waals surface area contributed by atoms with Crippen molar-refractivity contribution in [3.63, 3.8) is 0 Å². The Morgan fingerprint density at radius 2 is 2.25 bits per heavy atom. The van der Waals surface area contributed by atoms with E-state index in [0.717, 1.165) is 0 Å². The summed E-state index contributed by atoms with van der Waals surface area (Å²) in [5.41, 5.74) is 7.68. The molecule has 1 aliphatic rings. The van der Waals surface area contributed by atoms with Gasteiger partial charge in [0, 0.05) is 30.4 Å². The van der Waals surface area contributed by atoms with Gasteiger partial charge in [0.15, 0.2) is 0 Å². The van der Waals surface area contributed by atoms with Gasteiger partial charge in [-0.2, -0.15) is 0 Å². The lowest BCUT2D eigenvalue weighted by Crippen LogP contribution is -2.32. The van der Waals surface area contributed by atoms with E-state index in [1.54, 1.807) is 0 Å². The fraction of sp³-hybridized carbons (Fsp3) is 0.600. The summed E-state index contributed by atoms with van der Waals surface area (Å²) in [5.74, 6) is 0. The highest BCUT2D eigenvalue weighted by Crippen LogP contribution is 2.50. The van der Waals surface area contributed by atoms with Crippen LogP contribution in [0, 0.1) is 0 Å². The lowest BCUT2D eigenvalue weighted by Gasteiger charge is -2.20. The van der Waals surface area contributed by atoms with Crippen molar-refractivity contribution in [1.82, 2.24) is 4.57 Å². The van der Waals surface area contributed by atoms with Gasteiger partial charge in [-0.05, 0) is 31.9 Å². The van der Waals surface area contributed by atoms with Crippen molar-refractivity contribution in [1.29, 1.82) is 0 Å². The maximum Gasteiger partial charge on any atom is 0.0255 e. The van der Waals surface area contributed by atoms with Crippen LogP contribution in [0.25, 0.3) is 0 Å². The van der Waals surface area contributed by atoms with Crippen LogP contribution in [-0.2, 0) is 12.5 Å². The van der Waals surface area contributed by atoms with Gasteiger partial charge in [-0.15, -0.1) is 0 Å². The second kappa shape index (κ2) is 2.36. The monoisotopic (exact) mass is 164 g/mol. The van der Waals surface area contributed by atoms with E-state index in [0.29, 0.717) is 5.41 Å². The summed E-state index contributed by atoms with van der Waals surface area (Å²) >= 11 is 0. The number of aromatic nitrogens is 1. The van der Waals surface area contributed by atoms with E-state index in [-0.39, 0.29) is 6.04 Å². The normalized spacial score (nSPS) is 22.2. The minimum atomic E-state index is 0.283. The Labute approximate surface area is 73.4 Å². The van der Waals surface area contributed by atoms with Gasteiger partial charge in [-0.1, -0.05) is 0 Å². The van der Waals surface area contributed by atoms with Crippen molar-refractivity contribution in [2.75, 3.05) is 0 Å². The van der Waals surface area contributed by atoms with E-state index in [2.05, 4.69) is 36.9 Å². The quantitative estimate of drug-likeness (QED) is 0.704. The first-order chi connectivity index (χ1) is 5.67. The average molecular weight is 164 g/mol.